The summed E-state index contributed by atoms with van der Waals surface area (Å²) in [4.78, 5) is 16.1. The first-order valence-corrected chi connectivity index (χ1v) is 9.74. The number of aromatic nitrogens is 1. The molecule has 0 aliphatic carbocycles. The van der Waals surface area contributed by atoms with Crippen LogP contribution in [0.2, 0.25) is 0 Å². The van der Waals surface area contributed by atoms with Crippen molar-refractivity contribution >= 4 is 15.9 Å². The Morgan fingerprint density at radius 3 is 2.54 bits per heavy atom. The van der Waals surface area contributed by atoms with Crippen LogP contribution in [0.4, 0.5) is 0 Å². The molecule has 1 amide bonds. The summed E-state index contributed by atoms with van der Waals surface area (Å²) in [7, 11) is -3.82. The van der Waals surface area contributed by atoms with Gasteiger partial charge in [-0.25, -0.2) is 8.42 Å². The normalized spacial score (nSPS) is 12.4. The van der Waals surface area contributed by atoms with Crippen molar-refractivity contribution in [3.8, 4) is 5.75 Å². The number of aryl methyl sites for hydroxylation is 1. The lowest BCUT2D eigenvalue weighted by molar-refractivity contribution is -0.122. The summed E-state index contributed by atoms with van der Waals surface area (Å²) in [6, 6.07) is 7.24. The molecule has 0 aliphatic heterocycles. The van der Waals surface area contributed by atoms with Gasteiger partial charge in [-0.1, -0.05) is 0 Å². The molecule has 0 unspecified atom stereocenters. The minimum Gasteiger partial charge on any atom is -0.494 e. The van der Waals surface area contributed by atoms with E-state index in [9.17, 15) is 13.2 Å². The molecular formula is C18H23N3O4S. The Morgan fingerprint density at radius 1 is 1.23 bits per heavy atom. The van der Waals surface area contributed by atoms with E-state index in [1.54, 1.807) is 37.5 Å². The average Bonchev–Trinajstić information content (AvgIpc) is 2.62. The summed E-state index contributed by atoms with van der Waals surface area (Å²) in [6.45, 7) is 5.93. The van der Waals surface area contributed by atoms with Gasteiger partial charge >= 0.3 is 0 Å². The number of pyridine rings is 1. The van der Waals surface area contributed by atoms with E-state index in [0.29, 0.717) is 24.5 Å². The number of ether oxygens (including phenoxy) is 1. The third kappa shape index (κ3) is 5.27. The molecule has 140 valence electrons. The Hall–Kier alpha value is -2.45. The van der Waals surface area contributed by atoms with Crippen LogP contribution in [0, 0.1) is 6.92 Å². The number of hydrogen-bond acceptors (Lipinski definition) is 5. The molecule has 1 atom stereocenters. The van der Waals surface area contributed by atoms with E-state index in [0.717, 1.165) is 5.56 Å². The predicted molar refractivity (Wildman–Crippen MR) is 98.2 cm³/mol. The molecule has 26 heavy (non-hydrogen) atoms. The van der Waals surface area contributed by atoms with Gasteiger partial charge in [0.15, 0.2) is 0 Å². The zero-order chi connectivity index (χ0) is 19.2. The van der Waals surface area contributed by atoms with Crippen LogP contribution in [0.3, 0.4) is 0 Å². The molecule has 0 aliphatic rings. The molecule has 1 aromatic carbocycles. The highest BCUT2D eigenvalue weighted by atomic mass is 32.2. The maximum atomic E-state index is 12.5. The van der Waals surface area contributed by atoms with Crippen LogP contribution in [0.1, 0.15) is 25.0 Å². The molecule has 0 fully saturated rings. The third-order valence-electron chi connectivity index (χ3n) is 3.70. The zero-order valence-corrected chi connectivity index (χ0v) is 15.8. The fourth-order valence-corrected chi connectivity index (χ4v) is 3.59. The van der Waals surface area contributed by atoms with Crippen molar-refractivity contribution in [2.24, 2.45) is 0 Å². The second-order valence-corrected chi connectivity index (χ2v) is 7.49. The van der Waals surface area contributed by atoms with E-state index in [1.165, 1.54) is 19.1 Å². The summed E-state index contributed by atoms with van der Waals surface area (Å²) in [5.74, 6) is 0.225. The quantitative estimate of drug-likeness (QED) is 0.731. The lowest BCUT2D eigenvalue weighted by atomic mass is 10.2. The largest absolute Gasteiger partial charge is 0.494 e. The van der Waals surface area contributed by atoms with E-state index in [4.69, 9.17) is 4.74 Å². The fraction of sp³-hybridized carbons (Fsp3) is 0.333. The number of hydrogen-bond donors (Lipinski definition) is 2. The van der Waals surface area contributed by atoms with E-state index in [1.807, 2.05) is 6.92 Å². The van der Waals surface area contributed by atoms with Crippen molar-refractivity contribution in [1.82, 2.24) is 15.0 Å². The molecule has 0 saturated carbocycles. The highest BCUT2D eigenvalue weighted by Gasteiger charge is 2.22. The van der Waals surface area contributed by atoms with Crippen LogP contribution in [-0.4, -0.2) is 32.0 Å². The van der Waals surface area contributed by atoms with Gasteiger partial charge in [-0.15, -0.1) is 0 Å². The maximum absolute atomic E-state index is 12.5. The molecule has 8 heteroatoms. The Morgan fingerprint density at radius 2 is 1.92 bits per heavy atom. The number of amides is 1. The van der Waals surface area contributed by atoms with Gasteiger partial charge in [0.05, 0.1) is 17.5 Å². The molecule has 7 nitrogen and oxygen atoms in total. The van der Waals surface area contributed by atoms with Crippen LogP contribution >= 0.6 is 0 Å². The Kier molecular flexibility index (Phi) is 6.70. The van der Waals surface area contributed by atoms with Gasteiger partial charge in [-0.3, -0.25) is 9.78 Å². The minimum absolute atomic E-state index is 0.0900. The Balaban J connectivity index is 2.01. The van der Waals surface area contributed by atoms with Gasteiger partial charge in [-0.05, 0) is 62.2 Å². The van der Waals surface area contributed by atoms with E-state index in [2.05, 4.69) is 15.0 Å². The summed E-state index contributed by atoms with van der Waals surface area (Å²) in [5.41, 5.74) is 1.59. The smallest absolute Gasteiger partial charge is 0.241 e. The second-order valence-electron chi connectivity index (χ2n) is 5.78. The first-order chi connectivity index (χ1) is 12.3. The third-order valence-corrected chi connectivity index (χ3v) is 5.24. The van der Waals surface area contributed by atoms with Gasteiger partial charge < -0.3 is 10.1 Å². The topological polar surface area (TPSA) is 97.4 Å². The monoisotopic (exact) mass is 377 g/mol. The Labute approximate surface area is 153 Å². The highest BCUT2D eigenvalue weighted by Crippen LogP contribution is 2.21. The van der Waals surface area contributed by atoms with Crippen LogP contribution in [0.15, 0.2) is 47.6 Å². The molecule has 1 heterocycles. The molecule has 0 spiro atoms. The zero-order valence-electron chi connectivity index (χ0n) is 15.0. The van der Waals surface area contributed by atoms with Crippen molar-refractivity contribution in [3.63, 3.8) is 0 Å². The maximum Gasteiger partial charge on any atom is 0.241 e. The standard InChI is InChI=1S/C18H23N3O4S/c1-4-25-17-6-5-16(11-13(17)2)26(23,24)21-14(3)18(22)20-12-15-7-9-19-10-8-15/h5-11,14,21H,4,12H2,1-3H3,(H,20,22)/t14-/m1/s1. The second kappa shape index (κ2) is 8.77. The molecular weight excluding hydrogens is 354 g/mol. The summed E-state index contributed by atoms with van der Waals surface area (Å²) < 4.78 is 32.8. The Bertz CT molecular complexity index is 854. The number of sulfonamides is 1. The van der Waals surface area contributed by atoms with Gasteiger partial charge in [0, 0.05) is 18.9 Å². The number of carbonyl (C=O) groups excluding carboxylic acids is 1. The van der Waals surface area contributed by atoms with Crippen molar-refractivity contribution < 1.29 is 17.9 Å². The predicted octanol–water partition coefficient (Wildman–Crippen LogP) is 1.77. The van der Waals surface area contributed by atoms with Crippen LogP contribution in [-0.2, 0) is 21.4 Å². The lowest BCUT2D eigenvalue weighted by Gasteiger charge is -2.15. The molecule has 2 N–H and O–H groups in total. The van der Waals surface area contributed by atoms with Crippen LogP contribution < -0.4 is 14.8 Å². The van der Waals surface area contributed by atoms with Gasteiger partial charge in [0.1, 0.15) is 5.75 Å². The summed E-state index contributed by atoms with van der Waals surface area (Å²) in [6.07, 6.45) is 3.25. The molecule has 0 bridgehead atoms. The van der Waals surface area contributed by atoms with Crippen molar-refractivity contribution in [2.75, 3.05) is 6.61 Å². The van der Waals surface area contributed by atoms with E-state index < -0.39 is 22.0 Å². The van der Waals surface area contributed by atoms with Gasteiger partial charge in [0.2, 0.25) is 15.9 Å². The van der Waals surface area contributed by atoms with Crippen LogP contribution in [0.25, 0.3) is 0 Å². The molecule has 1 aromatic heterocycles. The number of carbonyl (C=O) groups is 1. The molecule has 2 aromatic rings. The summed E-state index contributed by atoms with van der Waals surface area (Å²) in [5, 5.41) is 2.70. The van der Waals surface area contributed by atoms with Gasteiger partial charge in [0.25, 0.3) is 0 Å². The first kappa shape index (κ1) is 19.9. The summed E-state index contributed by atoms with van der Waals surface area (Å²) >= 11 is 0. The lowest BCUT2D eigenvalue weighted by Crippen LogP contribution is -2.44. The van der Waals surface area contributed by atoms with Crippen molar-refractivity contribution in [2.45, 2.75) is 38.3 Å². The SMILES string of the molecule is CCOc1ccc(S(=O)(=O)N[C@H](C)C(=O)NCc2ccncc2)cc1C. The number of nitrogens with zero attached hydrogens (tertiary/aromatic N) is 1. The van der Waals surface area contributed by atoms with Crippen LogP contribution in [0.5, 0.6) is 5.75 Å². The molecule has 0 radical (unpaired) electrons. The highest BCUT2D eigenvalue weighted by molar-refractivity contribution is 7.89. The fourth-order valence-electron chi connectivity index (χ4n) is 2.30. The average molecular weight is 377 g/mol. The van der Waals surface area contributed by atoms with E-state index in [-0.39, 0.29) is 4.90 Å². The van der Waals surface area contributed by atoms with E-state index >= 15 is 0 Å². The minimum atomic E-state index is -3.82. The number of benzene rings is 1. The molecule has 0 saturated heterocycles. The molecule has 2 rings (SSSR count). The van der Waals surface area contributed by atoms with Crippen molar-refractivity contribution in [3.05, 3.63) is 53.9 Å². The number of rotatable bonds is 8. The number of nitrogens with one attached hydrogen (secondary N) is 2. The van der Waals surface area contributed by atoms with Crippen molar-refractivity contribution in [1.29, 1.82) is 0 Å². The van der Waals surface area contributed by atoms with Gasteiger partial charge in [-0.2, -0.15) is 4.72 Å². The first-order valence-electron chi connectivity index (χ1n) is 8.26.